The van der Waals surface area contributed by atoms with Crippen molar-refractivity contribution in [3.05, 3.63) is 21.6 Å². The van der Waals surface area contributed by atoms with Gasteiger partial charge < -0.3 is 0 Å². The molecule has 0 radical (unpaired) electrons. The molecule has 0 spiro atoms. The van der Waals surface area contributed by atoms with Crippen LogP contribution < -0.4 is 5.69 Å². The highest BCUT2D eigenvalue weighted by molar-refractivity contribution is 7.15. The number of fused-ring (bicyclic) bond motifs is 1. The van der Waals surface area contributed by atoms with Crippen LogP contribution in [0, 0.1) is 6.92 Å². The predicted molar refractivity (Wildman–Crippen MR) is 38.4 cm³/mol. The molecule has 10 heavy (non-hydrogen) atoms. The fourth-order valence-electron chi connectivity index (χ4n) is 0.863. The summed E-state index contributed by atoms with van der Waals surface area (Å²) in [6.45, 7) is 1.88. The van der Waals surface area contributed by atoms with Crippen molar-refractivity contribution in [3.63, 3.8) is 0 Å². The zero-order chi connectivity index (χ0) is 7.14. The fourth-order valence-corrected chi connectivity index (χ4v) is 1.68. The second-order valence-corrected chi connectivity index (χ2v) is 2.86. The zero-order valence-electron chi connectivity index (χ0n) is 5.29. The van der Waals surface area contributed by atoms with Crippen molar-refractivity contribution in [3.8, 4) is 0 Å². The van der Waals surface area contributed by atoms with Crippen LogP contribution in [0.4, 0.5) is 0 Å². The molecular weight excluding hydrogens is 150 g/mol. The molecule has 1 N–H and O–H groups in total. The summed E-state index contributed by atoms with van der Waals surface area (Å²) < 4.78 is 1.55. The molecule has 52 valence electrons. The quantitative estimate of drug-likeness (QED) is 0.598. The number of hydrogen-bond acceptors (Lipinski definition) is 3. The van der Waals surface area contributed by atoms with Crippen LogP contribution in [0.15, 0.2) is 10.2 Å². The minimum atomic E-state index is -0.159. The molecule has 0 aromatic carbocycles. The van der Waals surface area contributed by atoms with E-state index in [0.717, 1.165) is 10.7 Å². The third-order valence-corrected chi connectivity index (χ3v) is 2.27. The summed E-state index contributed by atoms with van der Waals surface area (Å²) in [5.41, 5.74) is 0.771. The SMILES string of the molecule is Cc1csc2n[nH]c(=O)n12. The maximum absolute atomic E-state index is 10.9. The van der Waals surface area contributed by atoms with Gasteiger partial charge in [-0.3, -0.25) is 0 Å². The molecule has 0 fully saturated rings. The van der Waals surface area contributed by atoms with Gasteiger partial charge in [-0.25, -0.2) is 14.3 Å². The van der Waals surface area contributed by atoms with Crippen LogP contribution in [-0.4, -0.2) is 14.6 Å². The summed E-state index contributed by atoms with van der Waals surface area (Å²) in [6.07, 6.45) is 0. The van der Waals surface area contributed by atoms with Gasteiger partial charge in [-0.15, -0.1) is 16.4 Å². The smallest absolute Gasteiger partial charge is 0.246 e. The highest BCUT2D eigenvalue weighted by Crippen LogP contribution is 2.08. The van der Waals surface area contributed by atoms with Crippen molar-refractivity contribution >= 4 is 16.3 Å². The number of thiazole rings is 1. The van der Waals surface area contributed by atoms with E-state index in [-0.39, 0.29) is 5.69 Å². The Balaban J connectivity index is 3.12. The molecule has 0 saturated carbocycles. The minimum Gasteiger partial charge on any atom is -0.246 e. The Morgan fingerprint density at radius 2 is 2.60 bits per heavy atom. The fraction of sp³-hybridized carbons (Fsp3) is 0.200. The normalized spacial score (nSPS) is 10.9. The summed E-state index contributed by atoms with van der Waals surface area (Å²) in [6, 6.07) is 0. The van der Waals surface area contributed by atoms with E-state index in [4.69, 9.17) is 0 Å². The predicted octanol–water partition coefficient (Wildman–Crippen LogP) is 0.393. The first-order chi connectivity index (χ1) is 4.79. The van der Waals surface area contributed by atoms with Crippen molar-refractivity contribution in [2.24, 2.45) is 0 Å². The maximum atomic E-state index is 10.9. The number of H-pyrrole nitrogens is 1. The first-order valence-corrected chi connectivity index (χ1v) is 3.68. The van der Waals surface area contributed by atoms with Gasteiger partial charge in [0.05, 0.1) is 0 Å². The third kappa shape index (κ3) is 0.550. The molecule has 2 rings (SSSR count). The van der Waals surface area contributed by atoms with E-state index >= 15 is 0 Å². The Morgan fingerprint density at radius 1 is 1.80 bits per heavy atom. The number of aromatic amines is 1. The van der Waals surface area contributed by atoms with E-state index in [0.29, 0.717) is 0 Å². The molecule has 2 heterocycles. The first kappa shape index (κ1) is 5.67. The van der Waals surface area contributed by atoms with Gasteiger partial charge in [-0.05, 0) is 6.92 Å². The Labute approximate surface area is 60.1 Å². The number of hydrogen-bond donors (Lipinski definition) is 1. The van der Waals surface area contributed by atoms with Crippen molar-refractivity contribution in [2.45, 2.75) is 6.92 Å². The number of rotatable bonds is 0. The minimum absolute atomic E-state index is 0.159. The highest BCUT2D eigenvalue weighted by atomic mass is 32.1. The van der Waals surface area contributed by atoms with Gasteiger partial charge in [0.25, 0.3) is 0 Å². The third-order valence-electron chi connectivity index (χ3n) is 1.33. The van der Waals surface area contributed by atoms with Crippen LogP contribution >= 0.6 is 11.3 Å². The van der Waals surface area contributed by atoms with Gasteiger partial charge in [-0.2, -0.15) is 0 Å². The van der Waals surface area contributed by atoms with E-state index in [1.807, 2.05) is 12.3 Å². The molecule has 0 saturated heterocycles. The maximum Gasteiger partial charge on any atom is 0.348 e. The topological polar surface area (TPSA) is 50.2 Å². The van der Waals surface area contributed by atoms with E-state index in [9.17, 15) is 4.79 Å². The van der Waals surface area contributed by atoms with Crippen LogP contribution in [0.1, 0.15) is 5.69 Å². The first-order valence-electron chi connectivity index (χ1n) is 2.80. The number of aromatic nitrogens is 3. The average Bonchev–Trinajstić information content (AvgIpc) is 2.40. The molecule has 0 unspecified atom stereocenters. The Bertz CT molecular complexity index is 410. The van der Waals surface area contributed by atoms with E-state index < -0.39 is 0 Å². The molecule has 0 amide bonds. The van der Waals surface area contributed by atoms with E-state index in [1.54, 1.807) is 4.40 Å². The van der Waals surface area contributed by atoms with Crippen LogP contribution in [0.3, 0.4) is 0 Å². The highest BCUT2D eigenvalue weighted by Gasteiger charge is 2.02. The van der Waals surface area contributed by atoms with Crippen molar-refractivity contribution in [1.82, 2.24) is 14.6 Å². The second-order valence-electron chi connectivity index (χ2n) is 2.02. The summed E-state index contributed by atoms with van der Waals surface area (Å²) in [4.78, 5) is 11.6. The summed E-state index contributed by atoms with van der Waals surface area (Å²) in [5.74, 6) is 0. The van der Waals surface area contributed by atoms with Gasteiger partial charge in [-0.1, -0.05) is 0 Å². The largest absolute Gasteiger partial charge is 0.348 e. The molecule has 0 bridgehead atoms. The number of nitrogens with zero attached hydrogens (tertiary/aromatic N) is 2. The van der Waals surface area contributed by atoms with Crippen molar-refractivity contribution in [1.29, 1.82) is 0 Å². The lowest BCUT2D eigenvalue weighted by Gasteiger charge is -1.80. The lowest BCUT2D eigenvalue weighted by atomic mass is 10.6. The number of aryl methyl sites for hydroxylation is 1. The molecule has 0 aliphatic rings. The van der Waals surface area contributed by atoms with Crippen LogP contribution in [-0.2, 0) is 0 Å². The molecule has 4 nitrogen and oxygen atoms in total. The van der Waals surface area contributed by atoms with Crippen LogP contribution in [0.2, 0.25) is 0 Å². The van der Waals surface area contributed by atoms with Gasteiger partial charge >= 0.3 is 5.69 Å². The summed E-state index contributed by atoms with van der Waals surface area (Å²) in [7, 11) is 0. The Morgan fingerprint density at radius 3 is 3.30 bits per heavy atom. The molecule has 0 aliphatic heterocycles. The van der Waals surface area contributed by atoms with Gasteiger partial charge in [0.1, 0.15) is 0 Å². The molecule has 5 heteroatoms. The van der Waals surface area contributed by atoms with Gasteiger partial charge in [0.2, 0.25) is 4.96 Å². The molecule has 2 aromatic rings. The molecule has 0 aliphatic carbocycles. The van der Waals surface area contributed by atoms with Crippen LogP contribution in [0.5, 0.6) is 0 Å². The number of nitrogens with one attached hydrogen (secondary N) is 1. The van der Waals surface area contributed by atoms with Crippen LogP contribution in [0.25, 0.3) is 4.96 Å². The average molecular weight is 155 g/mol. The lowest BCUT2D eigenvalue weighted by Crippen LogP contribution is -2.09. The van der Waals surface area contributed by atoms with E-state index in [2.05, 4.69) is 10.2 Å². The van der Waals surface area contributed by atoms with Crippen molar-refractivity contribution < 1.29 is 0 Å². The Kier molecular flexibility index (Phi) is 0.960. The lowest BCUT2D eigenvalue weighted by molar-refractivity contribution is 0.998. The molecule has 2 aromatic heterocycles. The Hall–Kier alpha value is -1.10. The summed E-state index contributed by atoms with van der Waals surface area (Å²) >= 11 is 1.46. The van der Waals surface area contributed by atoms with Gasteiger partial charge in [0.15, 0.2) is 0 Å². The zero-order valence-corrected chi connectivity index (χ0v) is 6.10. The van der Waals surface area contributed by atoms with E-state index in [1.165, 1.54) is 11.3 Å². The standard InChI is InChI=1S/C5H5N3OS/c1-3-2-10-5-7-6-4(9)8(3)5/h2H,1H3,(H,6,9). The molecular formula is C5H5N3OS. The second kappa shape index (κ2) is 1.69. The van der Waals surface area contributed by atoms with Crippen molar-refractivity contribution in [2.75, 3.05) is 0 Å². The summed E-state index contributed by atoms with van der Waals surface area (Å²) in [5, 5.41) is 8.05. The van der Waals surface area contributed by atoms with Gasteiger partial charge in [0, 0.05) is 11.1 Å². The monoisotopic (exact) mass is 155 g/mol. The molecule has 0 atom stereocenters.